The summed E-state index contributed by atoms with van der Waals surface area (Å²) in [6.45, 7) is 8.00. The van der Waals surface area contributed by atoms with Gasteiger partial charge in [-0.25, -0.2) is 0 Å². The Labute approximate surface area is 121 Å². The van der Waals surface area contributed by atoms with E-state index in [-0.39, 0.29) is 19.2 Å². The topological polar surface area (TPSA) is 46.5 Å². The highest BCUT2D eigenvalue weighted by atomic mass is 16.5. The second kappa shape index (κ2) is 7.25. The smallest absolute Gasteiger partial charge is 0.311 e. The molecular weight excluding hydrogens is 252 g/mol. The molecule has 0 aliphatic carbocycles. The third-order valence-electron chi connectivity index (χ3n) is 3.60. The van der Waals surface area contributed by atoms with Crippen LogP contribution in [0.1, 0.15) is 43.9 Å². The number of benzene rings is 1. The van der Waals surface area contributed by atoms with Crippen LogP contribution in [0.15, 0.2) is 24.3 Å². The third-order valence-corrected chi connectivity index (χ3v) is 3.60. The Morgan fingerprint density at radius 1 is 1.40 bits per heavy atom. The van der Waals surface area contributed by atoms with Crippen LogP contribution in [-0.2, 0) is 16.1 Å². The monoisotopic (exact) mass is 276 g/mol. The molecule has 0 saturated carbocycles. The number of aliphatic hydroxyl groups excluding tert-OH is 1. The maximum atomic E-state index is 12.0. The molecule has 0 aliphatic heterocycles. The second-order valence-corrected chi connectivity index (χ2v) is 5.55. The Kier molecular flexibility index (Phi) is 5.96. The lowest BCUT2D eigenvalue weighted by Gasteiger charge is -2.21. The molecule has 0 aromatic heterocycles. The molecule has 0 aliphatic rings. The predicted molar refractivity (Wildman–Crippen MR) is 81.2 cm³/mol. The van der Waals surface area contributed by atoms with E-state index < -0.39 is 5.41 Å². The first-order chi connectivity index (χ1) is 9.42. The number of aliphatic hydroxyl groups is 1. The summed E-state index contributed by atoms with van der Waals surface area (Å²) in [6.07, 6.45) is 4.30. The van der Waals surface area contributed by atoms with Crippen LogP contribution in [0.3, 0.4) is 0 Å². The fourth-order valence-electron chi connectivity index (χ4n) is 1.76. The van der Waals surface area contributed by atoms with Gasteiger partial charge in [-0.3, -0.25) is 4.79 Å². The minimum absolute atomic E-state index is 0.00354. The molecule has 0 fully saturated rings. The number of carbonyl (C=O) groups excluding carboxylic acids is 1. The van der Waals surface area contributed by atoms with E-state index in [1.807, 2.05) is 52.0 Å². The number of ether oxygens (including phenoxy) is 1. The van der Waals surface area contributed by atoms with Gasteiger partial charge in [-0.05, 0) is 43.9 Å². The first kappa shape index (κ1) is 16.4. The summed E-state index contributed by atoms with van der Waals surface area (Å²) in [5.74, 6) is -0.182. The minimum Gasteiger partial charge on any atom is -0.460 e. The average molecular weight is 276 g/mol. The molecule has 1 N–H and O–H groups in total. The van der Waals surface area contributed by atoms with Crippen molar-refractivity contribution in [3.63, 3.8) is 0 Å². The van der Waals surface area contributed by atoms with Gasteiger partial charge in [0.05, 0.1) is 12.0 Å². The van der Waals surface area contributed by atoms with Crippen molar-refractivity contribution in [3.05, 3.63) is 41.0 Å². The van der Waals surface area contributed by atoms with Crippen LogP contribution in [0.5, 0.6) is 0 Å². The number of hydrogen-bond donors (Lipinski definition) is 1. The number of hydrogen-bond acceptors (Lipinski definition) is 3. The lowest BCUT2D eigenvalue weighted by Crippen LogP contribution is -2.25. The fraction of sp³-hybridized carbons (Fsp3) is 0.471. The minimum atomic E-state index is -0.453. The quantitative estimate of drug-likeness (QED) is 0.809. The molecule has 0 atom stereocenters. The molecule has 0 spiro atoms. The van der Waals surface area contributed by atoms with Gasteiger partial charge < -0.3 is 9.84 Å². The van der Waals surface area contributed by atoms with Gasteiger partial charge in [-0.2, -0.15) is 0 Å². The van der Waals surface area contributed by atoms with E-state index in [9.17, 15) is 4.79 Å². The molecule has 1 aromatic rings. The van der Waals surface area contributed by atoms with E-state index in [0.29, 0.717) is 0 Å². The van der Waals surface area contributed by atoms with E-state index in [0.717, 1.165) is 23.1 Å². The van der Waals surface area contributed by atoms with Crippen LogP contribution < -0.4 is 0 Å². The second-order valence-electron chi connectivity index (χ2n) is 5.55. The van der Waals surface area contributed by atoms with Crippen LogP contribution in [0.4, 0.5) is 0 Å². The summed E-state index contributed by atoms with van der Waals surface area (Å²) in [4.78, 5) is 12.0. The van der Waals surface area contributed by atoms with Crippen molar-refractivity contribution in [2.75, 3.05) is 6.61 Å². The average Bonchev–Trinajstić information content (AvgIpc) is 2.43. The molecule has 1 rings (SSSR count). The molecular formula is C17H24O3. The molecule has 0 bridgehead atoms. The number of aryl methyl sites for hydroxylation is 1. The predicted octanol–water partition coefficient (Wildman–Crippen LogP) is 3.48. The summed E-state index contributed by atoms with van der Waals surface area (Å²) in [6, 6.07) is 5.88. The van der Waals surface area contributed by atoms with Crippen molar-refractivity contribution in [2.24, 2.45) is 5.41 Å². The Hall–Kier alpha value is -1.61. The maximum Gasteiger partial charge on any atom is 0.311 e. The highest BCUT2D eigenvalue weighted by Gasteiger charge is 2.27. The van der Waals surface area contributed by atoms with Gasteiger partial charge in [-0.1, -0.05) is 37.3 Å². The van der Waals surface area contributed by atoms with Gasteiger partial charge in [0.2, 0.25) is 0 Å². The summed E-state index contributed by atoms with van der Waals surface area (Å²) in [5, 5.41) is 8.89. The Balaban J connectivity index is 2.86. The molecule has 3 heteroatoms. The van der Waals surface area contributed by atoms with Crippen molar-refractivity contribution >= 4 is 12.0 Å². The summed E-state index contributed by atoms with van der Waals surface area (Å²) in [7, 11) is 0. The van der Waals surface area contributed by atoms with Crippen LogP contribution in [0.2, 0.25) is 0 Å². The first-order valence-corrected chi connectivity index (χ1v) is 6.95. The van der Waals surface area contributed by atoms with Crippen molar-refractivity contribution < 1.29 is 14.6 Å². The Morgan fingerprint density at radius 3 is 2.70 bits per heavy atom. The molecule has 3 nitrogen and oxygen atoms in total. The van der Waals surface area contributed by atoms with Gasteiger partial charge in [0.25, 0.3) is 0 Å². The van der Waals surface area contributed by atoms with Gasteiger partial charge in [-0.15, -0.1) is 0 Å². The SMILES string of the molecule is CCC(C)(C)C(=O)OCc1cccc(C)c1C=CCO. The highest BCUT2D eigenvalue weighted by molar-refractivity contribution is 5.76. The van der Waals surface area contributed by atoms with E-state index in [1.165, 1.54) is 0 Å². The zero-order valence-corrected chi connectivity index (χ0v) is 12.8. The van der Waals surface area contributed by atoms with Gasteiger partial charge in [0.15, 0.2) is 0 Å². The molecule has 1 aromatic carbocycles. The Bertz CT molecular complexity index is 487. The van der Waals surface area contributed by atoms with Gasteiger partial charge >= 0.3 is 5.97 Å². The van der Waals surface area contributed by atoms with Crippen molar-refractivity contribution in [1.82, 2.24) is 0 Å². The van der Waals surface area contributed by atoms with E-state index in [1.54, 1.807) is 6.08 Å². The number of esters is 1. The standard InChI is InChI=1S/C17H24O3/c1-5-17(3,4)16(19)20-12-14-9-6-8-13(2)15(14)10-7-11-18/h6-10,18H,5,11-12H2,1-4H3. The molecule has 20 heavy (non-hydrogen) atoms. The normalized spacial score (nSPS) is 11.8. The third kappa shape index (κ3) is 4.20. The van der Waals surface area contributed by atoms with E-state index >= 15 is 0 Å². The lowest BCUT2D eigenvalue weighted by atomic mass is 9.91. The summed E-state index contributed by atoms with van der Waals surface area (Å²) in [5.41, 5.74) is 2.60. The summed E-state index contributed by atoms with van der Waals surface area (Å²) >= 11 is 0. The number of rotatable bonds is 6. The highest BCUT2D eigenvalue weighted by Crippen LogP contribution is 2.23. The van der Waals surface area contributed by atoms with Crippen molar-refractivity contribution in [2.45, 2.75) is 40.7 Å². The van der Waals surface area contributed by atoms with Crippen molar-refractivity contribution in [3.8, 4) is 0 Å². The largest absolute Gasteiger partial charge is 0.460 e. The number of carbonyl (C=O) groups is 1. The van der Waals surface area contributed by atoms with Crippen molar-refractivity contribution in [1.29, 1.82) is 0 Å². The molecule has 0 saturated heterocycles. The molecule has 0 unspecified atom stereocenters. The van der Waals surface area contributed by atoms with Gasteiger partial charge in [0, 0.05) is 0 Å². The van der Waals surface area contributed by atoms with Crippen LogP contribution >= 0.6 is 0 Å². The van der Waals surface area contributed by atoms with Gasteiger partial charge in [0.1, 0.15) is 6.61 Å². The fourth-order valence-corrected chi connectivity index (χ4v) is 1.76. The lowest BCUT2D eigenvalue weighted by molar-refractivity contribution is -0.155. The zero-order valence-electron chi connectivity index (χ0n) is 12.8. The van der Waals surface area contributed by atoms with E-state index in [2.05, 4.69) is 0 Å². The van der Waals surface area contributed by atoms with Crippen LogP contribution in [-0.4, -0.2) is 17.7 Å². The van der Waals surface area contributed by atoms with Crippen LogP contribution in [0.25, 0.3) is 6.08 Å². The summed E-state index contributed by atoms with van der Waals surface area (Å²) < 4.78 is 5.42. The zero-order chi connectivity index (χ0) is 15.2. The molecule has 0 amide bonds. The first-order valence-electron chi connectivity index (χ1n) is 6.95. The molecule has 0 heterocycles. The Morgan fingerprint density at radius 2 is 2.10 bits per heavy atom. The molecule has 0 radical (unpaired) electrons. The maximum absolute atomic E-state index is 12.0. The van der Waals surface area contributed by atoms with Crippen LogP contribution in [0, 0.1) is 12.3 Å². The van der Waals surface area contributed by atoms with E-state index in [4.69, 9.17) is 9.84 Å². The molecule has 110 valence electrons.